The van der Waals surface area contributed by atoms with Gasteiger partial charge in [-0.2, -0.15) is 11.8 Å². The van der Waals surface area contributed by atoms with Crippen LogP contribution in [0.25, 0.3) is 11.1 Å². The number of benzene rings is 2. The van der Waals surface area contributed by atoms with Gasteiger partial charge in [0.25, 0.3) is 0 Å². The van der Waals surface area contributed by atoms with Crippen molar-refractivity contribution in [3.8, 4) is 11.1 Å². The summed E-state index contributed by atoms with van der Waals surface area (Å²) in [6.45, 7) is 0.418. The van der Waals surface area contributed by atoms with Crippen LogP contribution in [0.1, 0.15) is 101 Å². The number of fused-ring (bicyclic) bond motifs is 3. The maximum atomic E-state index is 14.0. The zero-order chi connectivity index (χ0) is 52.5. The predicted molar refractivity (Wildman–Crippen MR) is 260 cm³/mol. The molecule has 2 aromatic rings. The molecule has 0 radical (unpaired) electrons. The topological polar surface area (TPSA) is 391 Å². The van der Waals surface area contributed by atoms with Gasteiger partial charge >= 0.3 is 24.0 Å². The zero-order valence-electron chi connectivity index (χ0n) is 39.7. The highest BCUT2D eigenvalue weighted by atomic mass is 32.2. The summed E-state index contributed by atoms with van der Waals surface area (Å²) in [5, 5.41) is 43.5. The van der Waals surface area contributed by atoms with Crippen LogP contribution in [0, 0.1) is 0 Å². The Balaban J connectivity index is 1.81. The van der Waals surface area contributed by atoms with Crippen molar-refractivity contribution >= 4 is 71.2 Å². The standard InChI is InChI=1S/C47H67N9O14S/c1-71-25-22-36(45(66)52-33(16-19-38(50)57)42(63)51-32(14-6-8-23-48)41(62)55-37(46(67)68)15-7-9-24-49)54-43(64)34(17-20-39(58)59)53-44(65)35(18-21-40(60)61)56-47(69)70-26-31-29-12-4-2-10-27(29)28-11-3-5-13-30(28)31/h2-5,10-13,31-37H,6-9,14-26,48-49H2,1H3,(H2,50,57)(H,51,63)(H,52,66)(H,53,65)(H,54,64)(H,55,62)(H,56,69)(H,58,59)(H,60,61)(H,67,68)/t32-,33-,34-,35-,36-,37-/m0/s1. The van der Waals surface area contributed by atoms with Crippen LogP contribution in [0.4, 0.5) is 4.79 Å². The van der Waals surface area contributed by atoms with Crippen molar-refractivity contribution in [2.24, 2.45) is 17.2 Å². The fourth-order valence-corrected chi connectivity index (χ4v) is 8.26. The summed E-state index contributed by atoms with van der Waals surface area (Å²) < 4.78 is 5.56. The number of rotatable bonds is 34. The van der Waals surface area contributed by atoms with Gasteiger partial charge in [-0.25, -0.2) is 9.59 Å². The molecule has 3 rings (SSSR count). The molecule has 390 valence electrons. The SMILES string of the molecule is CSCC[C@H](NC(=O)[C@H](CCC(=O)O)NC(=O)[C@H](CCC(=O)O)NC(=O)OCC1c2ccccc2-c2ccccc21)C(=O)N[C@@H](CCC(N)=O)C(=O)N[C@@H](CCCCN)C(=O)N[C@@H](CCCCN)C(=O)O. The Labute approximate surface area is 415 Å². The lowest BCUT2D eigenvalue weighted by Gasteiger charge is -2.27. The van der Waals surface area contributed by atoms with Crippen LogP contribution in [-0.4, -0.2) is 143 Å². The third-order valence-corrected chi connectivity index (χ3v) is 12.2. The van der Waals surface area contributed by atoms with Crippen LogP contribution in [0.5, 0.6) is 0 Å². The van der Waals surface area contributed by atoms with E-state index in [9.17, 15) is 63.3 Å². The molecule has 0 heterocycles. The highest BCUT2D eigenvalue weighted by molar-refractivity contribution is 7.98. The summed E-state index contributed by atoms with van der Waals surface area (Å²) >= 11 is 1.28. The van der Waals surface area contributed by atoms with Gasteiger partial charge in [0, 0.05) is 25.2 Å². The maximum absolute atomic E-state index is 14.0. The number of carbonyl (C=O) groups excluding carboxylic acids is 7. The lowest BCUT2D eigenvalue weighted by atomic mass is 9.98. The number of ether oxygens (including phenoxy) is 1. The Hall–Kier alpha value is -6.79. The fourth-order valence-electron chi connectivity index (χ4n) is 7.79. The first-order valence-electron chi connectivity index (χ1n) is 23.4. The molecule has 0 aliphatic heterocycles. The summed E-state index contributed by atoms with van der Waals surface area (Å²) in [4.78, 5) is 130. The van der Waals surface area contributed by atoms with Crippen molar-refractivity contribution in [2.45, 2.75) is 126 Å². The van der Waals surface area contributed by atoms with Gasteiger partial charge in [0.1, 0.15) is 42.9 Å². The van der Waals surface area contributed by atoms with Crippen molar-refractivity contribution < 1.29 is 68.0 Å². The van der Waals surface area contributed by atoms with Crippen LogP contribution in [-0.2, 0) is 47.9 Å². The molecule has 0 aromatic heterocycles. The van der Waals surface area contributed by atoms with Gasteiger partial charge in [-0.3, -0.25) is 38.4 Å². The monoisotopic (exact) mass is 1010 g/mol. The van der Waals surface area contributed by atoms with Gasteiger partial charge in [-0.15, -0.1) is 0 Å². The third kappa shape index (κ3) is 19.9. The van der Waals surface area contributed by atoms with Gasteiger partial charge in [0.2, 0.25) is 35.4 Å². The number of carbonyl (C=O) groups is 10. The molecule has 71 heavy (non-hydrogen) atoms. The van der Waals surface area contributed by atoms with Crippen LogP contribution < -0.4 is 49.1 Å². The van der Waals surface area contributed by atoms with Crippen LogP contribution in [0.3, 0.4) is 0 Å². The van der Waals surface area contributed by atoms with E-state index in [0.29, 0.717) is 32.2 Å². The van der Waals surface area contributed by atoms with Crippen molar-refractivity contribution in [1.82, 2.24) is 31.9 Å². The minimum absolute atomic E-state index is 0.0225. The summed E-state index contributed by atoms with van der Waals surface area (Å²) in [5.74, 6) is -9.73. The van der Waals surface area contributed by atoms with Crippen LogP contribution in [0.2, 0.25) is 0 Å². The minimum Gasteiger partial charge on any atom is -0.481 e. The van der Waals surface area contributed by atoms with E-state index in [1.807, 2.05) is 48.5 Å². The highest BCUT2D eigenvalue weighted by Gasteiger charge is 2.35. The summed E-state index contributed by atoms with van der Waals surface area (Å²) in [7, 11) is 0. The number of unbranched alkanes of at least 4 members (excludes halogenated alkanes) is 2. The number of thioether (sulfide) groups is 1. The molecule has 7 amide bonds. The first-order chi connectivity index (χ1) is 33.9. The van der Waals surface area contributed by atoms with Crippen molar-refractivity contribution in [1.29, 1.82) is 0 Å². The lowest BCUT2D eigenvalue weighted by molar-refractivity contribution is -0.142. The Morgan fingerprint density at radius 1 is 0.535 bits per heavy atom. The molecule has 0 spiro atoms. The molecule has 24 heteroatoms. The van der Waals surface area contributed by atoms with E-state index in [1.54, 1.807) is 6.26 Å². The molecule has 1 aliphatic rings. The van der Waals surface area contributed by atoms with Gasteiger partial charge in [0.15, 0.2) is 0 Å². The first kappa shape index (κ1) is 58.5. The Bertz CT molecular complexity index is 2140. The lowest BCUT2D eigenvalue weighted by Crippen LogP contribution is -2.59. The van der Waals surface area contributed by atoms with Crippen LogP contribution >= 0.6 is 11.8 Å². The van der Waals surface area contributed by atoms with E-state index >= 15 is 0 Å². The summed E-state index contributed by atoms with van der Waals surface area (Å²) in [6, 6.07) is 6.32. The van der Waals surface area contributed by atoms with E-state index in [-0.39, 0.29) is 50.5 Å². The third-order valence-electron chi connectivity index (χ3n) is 11.6. The molecule has 23 nitrogen and oxygen atoms in total. The smallest absolute Gasteiger partial charge is 0.407 e. The van der Waals surface area contributed by atoms with Gasteiger partial charge in [-0.05, 0) is 112 Å². The number of hydrogen-bond acceptors (Lipinski definition) is 14. The number of nitrogens with one attached hydrogen (secondary N) is 6. The summed E-state index contributed by atoms with van der Waals surface area (Å²) in [5.41, 5.74) is 20.3. The molecule has 0 unspecified atom stereocenters. The van der Waals surface area contributed by atoms with E-state index in [1.165, 1.54) is 11.8 Å². The Morgan fingerprint density at radius 2 is 0.915 bits per heavy atom. The largest absolute Gasteiger partial charge is 0.481 e. The quantitative estimate of drug-likeness (QED) is 0.0422. The zero-order valence-corrected chi connectivity index (χ0v) is 40.5. The number of primary amides is 1. The van der Waals surface area contributed by atoms with Gasteiger partial charge < -0.3 is 69.2 Å². The number of carboxylic acids is 3. The van der Waals surface area contributed by atoms with E-state index in [4.69, 9.17) is 21.9 Å². The molecular formula is C47H67N9O14S. The molecule has 1 aliphatic carbocycles. The van der Waals surface area contributed by atoms with E-state index in [0.717, 1.165) is 22.3 Å². The van der Waals surface area contributed by atoms with Gasteiger partial charge in [-0.1, -0.05) is 48.5 Å². The normalized spacial score (nSPS) is 14.1. The molecule has 0 saturated heterocycles. The summed E-state index contributed by atoms with van der Waals surface area (Å²) in [6.07, 6.45) is -0.683. The molecule has 6 atom stereocenters. The first-order valence-corrected chi connectivity index (χ1v) is 24.8. The average Bonchev–Trinajstić information content (AvgIpc) is 3.65. The number of aliphatic carboxylic acids is 3. The Kier molecular flexibility index (Phi) is 25.3. The molecule has 0 bridgehead atoms. The van der Waals surface area contributed by atoms with E-state index < -0.39 is 128 Å². The van der Waals surface area contributed by atoms with Crippen molar-refractivity contribution in [2.75, 3.05) is 31.7 Å². The predicted octanol–water partition coefficient (Wildman–Crippen LogP) is 0.409. The molecule has 2 aromatic carbocycles. The molecule has 15 N–H and O–H groups in total. The van der Waals surface area contributed by atoms with E-state index in [2.05, 4.69) is 31.9 Å². The van der Waals surface area contributed by atoms with Crippen molar-refractivity contribution in [3.63, 3.8) is 0 Å². The average molecular weight is 1010 g/mol. The van der Waals surface area contributed by atoms with Crippen LogP contribution in [0.15, 0.2) is 48.5 Å². The fraction of sp³-hybridized carbons (Fsp3) is 0.532. The Morgan fingerprint density at radius 3 is 1.32 bits per heavy atom. The number of alkyl carbamates (subject to hydrolysis) is 1. The molecular weight excluding hydrogens is 947 g/mol. The highest BCUT2D eigenvalue weighted by Crippen LogP contribution is 2.44. The second kappa shape index (κ2) is 30.7. The van der Waals surface area contributed by atoms with Crippen molar-refractivity contribution in [3.05, 3.63) is 59.7 Å². The maximum Gasteiger partial charge on any atom is 0.407 e. The number of hydrogen-bond donors (Lipinski definition) is 12. The number of amides is 7. The molecule has 0 saturated carbocycles. The number of nitrogens with two attached hydrogens (primary N) is 3. The minimum atomic E-state index is -1.66. The molecule has 0 fully saturated rings. The number of carboxylic acid groups (broad SMARTS) is 3. The van der Waals surface area contributed by atoms with Gasteiger partial charge in [0.05, 0.1) is 0 Å². The second-order valence-corrected chi connectivity index (χ2v) is 17.9. The second-order valence-electron chi connectivity index (χ2n) is 16.9.